The number of carbonyl (C=O) groups is 1. The molecule has 0 atom stereocenters. The van der Waals surface area contributed by atoms with Gasteiger partial charge in [0, 0.05) is 41.4 Å². The van der Waals surface area contributed by atoms with Gasteiger partial charge in [0.1, 0.15) is 6.54 Å². The number of thiazole rings is 1. The molecule has 1 fully saturated rings. The molecule has 2 aromatic heterocycles. The van der Waals surface area contributed by atoms with Gasteiger partial charge in [-0.25, -0.2) is 4.98 Å². The number of hydrogen-bond acceptors (Lipinski definition) is 3. The van der Waals surface area contributed by atoms with Gasteiger partial charge in [0.05, 0.1) is 28.3 Å². The summed E-state index contributed by atoms with van der Waals surface area (Å²) in [6.45, 7) is 2.65. The first kappa shape index (κ1) is 16.7. The lowest BCUT2D eigenvalue weighted by atomic mass is 9.97. The number of para-hydroxylation sites is 2. The number of nitrogens with zero attached hydrogens (tertiary/aromatic N) is 1. The molecule has 3 heterocycles. The van der Waals surface area contributed by atoms with E-state index in [9.17, 15) is 4.79 Å². The molecule has 0 saturated carbocycles. The van der Waals surface area contributed by atoms with E-state index in [2.05, 4.69) is 29.2 Å². The Hall–Kier alpha value is -2.50. The molecule has 0 aliphatic carbocycles. The average Bonchev–Trinajstić information content (AvgIpc) is 3.33. The van der Waals surface area contributed by atoms with Gasteiger partial charge in [0.15, 0.2) is 0 Å². The zero-order valence-electron chi connectivity index (χ0n) is 15.1. The molecule has 5 heteroatoms. The number of carbonyl (C=O) groups excluding carboxylic acids is 1. The van der Waals surface area contributed by atoms with Gasteiger partial charge in [-0.05, 0) is 18.2 Å². The highest BCUT2D eigenvalue weighted by atomic mass is 32.1. The van der Waals surface area contributed by atoms with Gasteiger partial charge in [-0.3, -0.25) is 4.79 Å². The van der Waals surface area contributed by atoms with Crippen LogP contribution in [-0.2, 0) is 0 Å². The molecule has 0 spiro atoms. The minimum atomic E-state index is 0.237. The van der Waals surface area contributed by atoms with Gasteiger partial charge in [-0.2, -0.15) is 0 Å². The molecule has 0 amide bonds. The number of Topliss-reactive ketones (excluding diaryl/α,β-unsaturated/α-hetero) is 1. The lowest BCUT2D eigenvalue weighted by Crippen LogP contribution is -3.13. The second-order valence-corrected chi connectivity index (χ2v) is 8.45. The van der Waals surface area contributed by atoms with Crippen LogP contribution < -0.4 is 4.90 Å². The average molecular weight is 377 g/mol. The summed E-state index contributed by atoms with van der Waals surface area (Å²) in [5.74, 6) is 0.773. The number of benzene rings is 2. The van der Waals surface area contributed by atoms with Crippen molar-refractivity contribution in [1.82, 2.24) is 9.97 Å². The van der Waals surface area contributed by atoms with Crippen molar-refractivity contribution in [2.24, 2.45) is 0 Å². The van der Waals surface area contributed by atoms with Gasteiger partial charge in [-0.1, -0.05) is 30.3 Å². The number of rotatable bonds is 4. The smallest absolute Gasteiger partial charge is 0.219 e. The van der Waals surface area contributed by atoms with Crippen LogP contribution in [0.4, 0.5) is 0 Å². The molecule has 1 saturated heterocycles. The van der Waals surface area contributed by atoms with Crippen LogP contribution in [0.5, 0.6) is 0 Å². The molecule has 2 aromatic carbocycles. The maximum absolute atomic E-state index is 12.8. The number of likely N-dealkylation sites (tertiary alicyclic amines) is 1. The zero-order valence-corrected chi connectivity index (χ0v) is 15.9. The van der Waals surface area contributed by atoms with Crippen LogP contribution in [0.1, 0.15) is 34.1 Å². The Morgan fingerprint density at radius 3 is 2.74 bits per heavy atom. The molecule has 1 aliphatic heterocycles. The Kier molecular flexibility index (Phi) is 4.26. The van der Waals surface area contributed by atoms with E-state index < -0.39 is 0 Å². The predicted molar refractivity (Wildman–Crippen MR) is 110 cm³/mol. The first-order valence-corrected chi connectivity index (χ1v) is 10.4. The third kappa shape index (κ3) is 3.17. The van der Waals surface area contributed by atoms with Crippen molar-refractivity contribution < 1.29 is 9.69 Å². The molecule has 0 radical (unpaired) electrons. The fraction of sp³-hybridized carbons (Fsp3) is 0.273. The summed E-state index contributed by atoms with van der Waals surface area (Å²) in [5, 5.41) is 2.30. The van der Waals surface area contributed by atoms with E-state index in [4.69, 9.17) is 4.98 Å². The molecule has 5 rings (SSSR count). The lowest BCUT2D eigenvalue weighted by Gasteiger charge is -2.27. The number of piperidine rings is 1. The van der Waals surface area contributed by atoms with Crippen molar-refractivity contribution in [1.29, 1.82) is 0 Å². The highest BCUT2D eigenvalue weighted by Gasteiger charge is 2.27. The van der Waals surface area contributed by atoms with E-state index in [1.807, 2.05) is 41.8 Å². The number of H-pyrrole nitrogens is 1. The molecular formula is C22H22N3OS+. The maximum Gasteiger partial charge on any atom is 0.219 e. The minimum absolute atomic E-state index is 0.237. The Bertz CT molecular complexity index is 1070. The van der Waals surface area contributed by atoms with Crippen molar-refractivity contribution >= 4 is 38.2 Å². The van der Waals surface area contributed by atoms with Crippen molar-refractivity contribution in [3.05, 3.63) is 65.3 Å². The van der Waals surface area contributed by atoms with E-state index >= 15 is 0 Å². The first-order valence-electron chi connectivity index (χ1n) is 9.56. The number of nitrogens with one attached hydrogen (secondary N) is 2. The van der Waals surface area contributed by atoms with E-state index in [1.54, 1.807) is 0 Å². The molecule has 1 aliphatic rings. The van der Waals surface area contributed by atoms with Crippen molar-refractivity contribution in [3.63, 3.8) is 0 Å². The molecule has 4 nitrogen and oxygen atoms in total. The van der Waals surface area contributed by atoms with E-state index in [-0.39, 0.29) is 5.78 Å². The van der Waals surface area contributed by atoms with Crippen LogP contribution in [0.3, 0.4) is 0 Å². The van der Waals surface area contributed by atoms with Gasteiger partial charge in [0.25, 0.3) is 0 Å². The predicted octanol–water partition coefficient (Wildman–Crippen LogP) is 3.42. The summed E-state index contributed by atoms with van der Waals surface area (Å²) in [6.07, 6.45) is 4.08. The molecule has 0 unspecified atom stereocenters. The Labute approximate surface area is 161 Å². The molecule has 0 bridgehead atoms. The van der Waals surface area contributed by atoms with Gasteiger partial charge < -0.3 is 9.88 Å². The van der Waals surface area contributed by atoms with Gasteiger partial charge in [0.2, 0.25) is 5.78 Å². The summed E-state index contributed by atoms with van der Waals surface area (Å²) in [5.41, 5.74) is 2.97. The number of aromatic nitrogens is 2. The summed E-state index contributed by atoms with van der Waals surface area (Å²) >= 11 is 1.83. The van der Waals surface area contributed by atoms with Crippen molar-refractivity contribution in [3.8, 4) is 0 Å². The summed E-state index contributed by atoms with van der Waals surface area (Å²) in [7, 11) is 0. The summed E-state index contributed by atoms with van der Waals surface area (Å²) < 4.78 is 1.27. The third-order valence-electron chi connectivity index (χ3n) is 5.65. The van der Waals surface area contributed by atoms with Crippen molar-refractivity contribution in [2.45, 2.75) is 18.8 Å². The molecular weight excluding hydrogens is 354 g/mol. The molecule has 4 aromatic rings. The van der Waals surface area contributed by atoms with Crippen LogP contribution in [0.25, 0.3) is 21.1 Å². The Morgan fingerprint density at radius 1 is 1.11 bits per heavy atom. The lowest BCUT2D eigenvalue weighted by molar-refractivity contribution is -0.896. The number of quaternary nitrogens is 1. The SMILES string of the molecule is O=C(C[NH+]1CCC(c2nc3ccccc3s2)CC1)c1c[nH]c2ccccc12. The highest BCUT2D eigenvalue weighted by Crippen LogP contribution is 2.31. The first-order chi connectivity index (χ1) is 13.3. The number of aromatic amines is 1. The maximum atomic E-state index is 12.8. The standard InChI is InChI=1S/C22H21N3OS/c26-20(17-13-23-18-6-2-1-5-16(17)18)14-25-11-9-15(10-12-25)22-24-19-7-3-4-8-21(19)27-22/h1-8,13,15,23H,9-12,14H2/p+1. The minimum Gasteiger partial charge on any atom is -0.360 e. The third-order valence-corrected chi connectivity index (χ3v) is 6.85. The van der Waals surface area contributed by atoms with Crippen LogP contribution in [0.2, 0.25) is 0 Å². The van der Waals surface area contributed by atoms with Crippen molar-refractivity contribution in [2.75, 3.05) is 19.6 Å². The summed E-state index contributed by atoms with van der Waals surface area (Å²) in [4.78, 5) is 22.2. The van der Waals surface area contributed by atoms with E-state index in [1.165, 1.54) is 14.6 Å². The molecule has 27 heavy (non-hydrogen) atoms. The Morgan fingerprint density at radius 2 is 1.89 bits per heavy atom. The number of fused-ring (bicyclic) bond motifs is 2. The van der Waals surface area contributed by atoms with Gasteiger partial charge in [-0.15, -0.1) is 11.3 Å². The monoisotopic (exact) mass is 376 g/mol. The van der Waals surface area contributed by atoms with Crippen LogP contribution >= 0.6 is 11.3 Å². The summed E-state index contributed by atoms with van der Waals surface area (Å²) in [6, 6.07) is 16.4. The Balaban J connectivity index is 1.24. The van der Waals surface area contributed by atoms with Crippen LogP contribution in [-0.4, -0.2) is 35.4 Å². The fourth-order valence-electron chi connectivity index (χ4n) is 4.14. The van der Waals surface area contributed by atoms with E-state index in [0.29, 0.717) is 12.5 Å². The second-order valence-electron chi connectivity index (χ2n) is 7.39. The largest absolute Gasteiger partial charge is 0.360 e. The molecule has 2 N–H and O–H groups in total. The van der Waals surface area contributed by atoms with Gasteiger partial charge >= 0.3 is 0 Å². The highest BCUT2D eigenvalue weighted by molar-refractivity contribution is 7.18. The van der Waals surface area contributed by atoms with Crippen LogP contribution in [0, 0.1) is 0 Å². The molecule has 136 valence electrons. The number of ketones is 1. The fourth-order valence-corrected chi connectivity index (χ4v) is 5.28. The van der Waals surface area contributed by atoms with E-state index in [0.717, 1.165) is 47.9 Å². The zero-order chi connectivity index (χ0) is 18.2. The quantitative estimate of drug-likeness (QED) is 0.536. The van der Waals surface area contributed by atoms with Crippen LogP contribution in [0.15, 0.2) is 54.7 Å². The topological polar surface area (TPSA) is 50.2 Å². The number of hydrogen-bond donors (Lipinski definition) is 2. The second kappa shape index (κ2) is 6.91. The normalized spacial score (nSPS) is 20.3.